The van der Waals surface area contributed by atoms with Gasteiger partial charge in [0, 0.05) is 22.8 Å². The van der Waals surface area contributed by atoms with Crippen LogP contribution in [0.25, 0.3) is 10.9 Å². The lowest BCUT2D eigenvalue weighted by atomic mass is 9.67. The minimum absolute atomic E-state index is 0.283. The van der Waals surface area contributed by atoms with Gasteiger partial charge in [0.1, 0.15) is 5.75 Å². The molecule has 2 N–H and O–H groups in total. The molecule has 0 amide bonds. The van der Waals surface area contributed by atoms with Crippen LogP contribution in [-0.4, -0.2) is 22.3 Å². The monoisotopic (exact) mass is 346 g/mol. The zero-order valence-corrected chi connectivity index (χ0v) is 14.8. The average Bonchev–Trinajstić information content (AvgIpc) is 3.42. The minimum Gasteiger partial charge on any atom is -0.495 e. The maximum Gasteiger partial charge on any atom is 0.142 e. The van der Waals surface area contributed by atoms with Gasteiger partial charge in [0.25, 0.3) is 0 Å². The maximum atomic E-state index is 5.66. The molecule has 3 aliphatic rings. The number of pyridine rings is 1. The number of H-pyrrole nitrogens is 1. The molecule has 1 aromatic carbocycles. The Hall–Kier alpha value is -2.56. The topological polar surface area (TPSA) is 62.8 Å². The van der Waals surface area contributed by atoms with Gasteiger partial charge in [0.2, 0.25) is 0 Å². The Kier molecular flexibility index (Phi) is 2.93. The summed E-state index contributed by atoms with van der Waals surface area (Å²) in [5.74, 6) is 3.68. The number of benzene rings is 1. The number of hydrogen-bond donors (Lipinski definition) is 2. The fourth-order valence-corrected chi connectivity index (χ4v) is 6.14. The van der Waals surface area contributed by atoms with Crippen molar-refractivity contribution in [1.29, 1.82) is 0 Å². The summed E-state index contributed by atoms with van der Waals surface area (Å²) in [6, 6.07) is 6.77. The highest BCUT2D eigenvalue weighted by Gasteiger charge is 2.54. The molecule has 0 spiro atoms. The second-order valence-corrected chi connectivity index (χ2v) is 8.03. The predicted octanol–water partition coefficient (Wildman–Crippen LogP) is 4.26. The van der Waals surface area contributed by atoms with Gasteiger partial charge < -0.3 is 10.1 Å². The summed E-state index contributed by atoms with van der Waals surface area (Å²) < 4.78 is 5.66. The van der Waals surface area contributed by atoms with Crippen LogP contribution in [0.4, 0.5) is 5.69 Å². The third kappa shape index (κ3) is 1.81. The number of methoxy groups -OCH3 is 1. The summed E-state index contributed by atoms with van der Waals surface area (Å²) >= 11 is 0. The van der Waals surface area contributed by atoms with E-state index in [1.807, 2.05) is 18.6 Å². The van der Waals surface area contributed by atoms with Crippen LogP contribution < -0.4 is 10.1 Å². The first-order valence-corrected chi connectivity index (χ1v) is 9.55. The van der Waals surface area contributed by atoms with E-state index in [0.717, 1.165) is 23.1 Å². The SMILES string of the molecule is COc1cnccc1C1Nc2ccc3[nH]ncc3c2C2C3CCC(C3)C12. The number of aromatic amines is 1. The van der Waals surface area contributed by atoms with Crippen LogP contribution in [-0.2, 0) is 0 Å². The lowest BCUT2D eigenvalue weighted by Gasteiger charge is -2.44. The molecule has 1 aliphatic heterocycles. The third-order valence-corrected chi connectivity index (χ3v) is 7.05. The zero-order chi connectivity index (χ0) is 17.3. The Morgan fingerprint density at radius 2 is 2.04 bits per heavy atom. The smallest absolute Gasteiger partial charge is 0.142 e. The van der Waals surface area contributed by atoms with E-state index in [0.29, 0.717) is 11.8 Å². The molecule has 2 aliphatic carbocycles. The number of rotatable bonds is 2. The summed E-state index contributed by atoms with van der Waals surface area (Å²) in [4.78, 5) is 4.26. The second-order valence-electron chi connectivity index (χ2n) is 8.03. The molecule has 0 radical (unpaired) electrons. The largest absolute Gasteiger partial charge is 0.495 e. The Balaban J connectivity index is 1.57. The number of nitrogens with one attached hydrogen (secondary N) is 2. The van der Waals surface area contributed by atoms with E-state index >= 15 is 0 Å². The average molecular weight is 346 g/mol. The number of nitrogens with zero attached hydrogens (tertiary/aromatic N) is 2. The maximum absolute atomic E-state index is 5.66. The summed E-state index contributed by atoms with van der Waals surface area (Å²) in [6.07, 6.45) is 9.80. The van der Waals surface area contributed by atoms with Crippen molar-refractivity contribution in [2.45, 2.75) is 31.2 Å². The van der Waals surface area contributed by atoms with E-state index in [9.17, 15) is 0 Å². The molecule has 3 heterocycles. The fourth-order valence-electron chi connectivity index (χ4n) is 6.14. The lowest BCUT2D eigenvalue weighted by molar-refractivity contribution is 0.245. The molecular weight excluding hydrogens is 324 g/mol. The van der Waals surface area contributed by atoms with Gasteiger partial charge in [-0.25, -0.2) is 0 Å². The molecule has 2 bridgehead atoms. The van der Waals surface area contributed by atoms with E-state index in [-0.39, 0.29) is 6.04 Å². The highest BCUT2D eigenvalue weighted by Crippen LogP contribution is 2.64. The van der Waals surface area contributed by atoms with E-state index in [2.05, 4.69) is 38.7 Å². The summed E-state index contributed by atoms with van der Waals surface area (Å²) in [5, 5.41) is 12.6. The van der Waals surface area contributed by atoms with Gasteiger partial charge in [-0.05, 0) is 66.7 Å². The molecule has 5 nitrogen and oxygen atoms in total. The van der Waals surface area contributed by atoms with Gasteiger partial charge in [-0.1, -0.05) is 0 Å². The van der Waals surface area contributed by atoms with E-state index in [1.54, 1.807) is 7.11 Å². The lowest BCUT2D eigenvalue weighted by Crippen LogP contribution is -2.35. The van der Waals surface area contributed by atoms with Crippen LogP contribution in [0, 0.1) is 17.8 Å². The standard InChI is InChI=1S/C21H22N4O/c1-26-17-10-22-7-6-13(17)21-19-12-3-2-11(8-12)18(19)20-14-9-23-25-15(14)4-5-16(20)24-21/h4-7,9-12,18-19,21,24H,2-3,8H2,1H3,(H,23,25). The van der Waals surface area contributed by atoms with Crippen molar-refractivity contribution in [3.8, 4) is 5.75 Å². The molecule has 132 valence electrons. The number of ether oxygens (including phenoxy) is 1. The summed E-state index contributed by atoms with van der Waals surface area (Å²) in [7, 11) is 1.74. The molecule has 0 saturated heterocycles. The van der Waals surface area contributed by atoms with Crippen molar-refractivity contribution in [3.05, 3.63) is 47.9 Å². The van der Waals surface area contributed by atoms with Crippen LogP contribution in [0.15, 0.2) is 36.8 Å². The fraction of sp³-hybridized carbons (Fsp3) is 0.429. The molecule has 5 atom stereocenters. The molecule has 2 saturated carbocycles. The normalized spacial score (nSPS) is 31.5. The van der Waals surface area contributed by atoms with Gasteiger partial charge in [-0.15, -0.1) is 0 Å². The van der Waals surface area contributed by atoms with E-state index in [1.165, 1.54) is 41.5 Å². The molecule has 26 heavy (non-hydrogen) atoms. The van der Waals surface area contributed by atoms with Gasteiger partial charge in [-0.3, -0.25) is 10.1 Å². The Labute approximate surface area is 152 Å². The van der Waals surface area contributed by atoms with Gasteiger partial charge in [0.05, 0.1) is 31.1 Å². The number of aromatic nitrogens is 3. The molecule has 5 heteroatoms. The van der Waals surface area contributed by atoms with Gasteiger partial charge in [-0.2, -0.15) is 5.10 Å². The number of anilines is 1. The molecule has 5 unspecified atom stereocenters. The van der Waals surface area contributed by atoms with Crippen molar-refractivity contribution in [2.75, 3.05) is 12.4 Å². The molecule has 2 aromatic heterocycles. The Morgan fingerprint density at radius 3 is 2.96 bits per heavy atom. The van der Waals surface area contributed by atoms with Crippen molar-refractivity contribution < 1.29 is 4.74 Å². The van der Waals surface area contributed by atoms with Crippen molar-refractivity contribution in [1.82, 2.24) is 15.2 Å². The first kappa shape index (κ1) is 14.6. The highest BCUT2D eigenvalue weighted by molar-refractivity contribution is 5.88. The number of hydrogen-bond acceptors (Lipinski definition) is 4. The molecular formula is C21H22N4O. The van der Waals surface area contributed by atoms with Gasteiger partial charge in [0.15, 0.2) is 0 Å². The number of fused-ring (bicyclic) bond motifs is 9. The van der Waals surface area contributed by atoms with Crippen LogP contribution in [0.3, 0.4) is 0 Å². The Bertz CT molecular complexity index is 997. The van der Waals surface area contributed by atoms with Crippen LogP contribution >= 0.6 is 0 Å². The predicted molar refractivity (Wildman–Crippen MR) is 100 cm³/mol. The first-order valence-electron chi connectivity index (χ1n) is 9.55. The van der Waals surface area contributed by atoms with Crippen molar-refractivity contribution in [2.24, 2.45) is 17.8 Å². The van der Waals surface area contributed by atoms with Crippen LogP contribution in [0.5, 0.6) is 5.75 Å². The van der Waals surface area contributed by atoms with Crippen LogP contribution in [0.1, 0.15) is 42.3 Å². The van der Waals surface area contributed by atoms with Crippen LogP contribution in [0.2, 0.25) is 0 Å². The highest BCUT2D eigenvalue weighted by atomic mass is 16.5. The minimum atomic E-state index is 0.283. The summed E-state index contributed by atoms with van der Waals surface area (Å²) in [6.45, 7) is 0. The van der Waals surface area contributed by atoms with Crippen molar-refractivity contribution >= 4 is 16.6 Å². The van der Waals surface area contributed by atoms with Crippen molar-refractivity contribution in [3.63, 3.8) is 0 Å². The summed E-state index contributed by atoms with van der Waals surface area (Å²) in [5.41, 5.74) is 5.13. The zero-order valence-electron chi connectivity index (χ0n) is 14.8. The van der Waals surface area contributed by atoms with Gasteiger partial charge >= 0.3 is 0 Å². The molecule has 3 aromatic rings. The quantitative estimate of drug-likeness (QED) is 0.728. The molecule has 6 rings (SSSR count). The molecule has 2 fully saturated rings. The Morgan fingerprint density at radius 1 is 1.12 bits per heavy atom. The second kappa shape index (κ2) is 5.22. The van der Waals surface area contributed by atoms with E-state index < -0.39 is 0 Å². The van der Waals surface area contributed by atoms with E-state index in [4.69, 9.17) is 4.74 Å². The first-order chi connectivity index (χ1) is 12.8. The third-order valence-electron chi connectivity index (χ3n) is 7.05.